The Bertz CT molecular complexity index is 1680. The molecule has 0 saturated carbocycles. The third-order valence-corrected chi connectivity index (χ3v) is 11.0. The third-order valence-electron chi connectivity index (χ3n) is 8.38. The molecule has 228 valence electrons. The van der Waals surface area contributed by atoms with Crippen LogP contribution in [0.3, 0.4) is 0 Å². The number of carbonyl (C=O) groups excluding carboxylic acids is 1. The normalized spacial score (nSPS) is 17.1. The molecule has 5 aromatic carbocycles. The van der Waals surface area contributed by atoms with Crippen molar-refractivity contribution in [3.8, 4) is 0 Å². The largest absolute Gasteiger partial charge is 0.351 e. The van der Waals surface area contributed by atoms with Crippen LogP contribution in [0.25, 0.3) is 0 Å². The standard InChI is InChI=1S/C39H38N2O2S2/c1-37(2,3)45(43)40-38(28-36(42)44-33-24-14-7-15-25-33)29-41(35-27-17-16-26-34(35)38)39(30-18-8-4-9-19-30,31-20-10-5-11-21-31)32-22-12-6-13-23-32/h4-27,40H,28-29H2,1-3H3/t38-,45?/m0/s1. The Morgan fingerprint density at radius 3 is 1.64 bits per heavy atom. The molecule has 1 heterocycles. The topological polar surface area (TPSA) is 49.4 Å². The molecule has 4 nitrogen and oxygen atoms in total. The van der Waals surface area contributed by atoms with Crippen molar-refractivity contribution in [1.29, 1.82) is 0 Å². The van der Waals surface area contributed by atoms with Gasteiger partial charge in [0.25, 0.3) is 0 Å². The summed E-state index contributed by atoms with van der Waals surface area (Å²) in [7, 11) is -1.45. The number of para-hydroxylation sites is 1. The number of carbonyl (C=O) groups is 1. The van der Waals surface area contributed by atoms with Crippen molar-refractivity contribution in [2.24, 2.45) is 0 Å². The molecule has 1 aliphatic heterocycles. The molecule has 0 bridgehead atoms. The van der Waals surface area contributed by atoms with Gasteiger partial charge in [0.2, 0.25) is 0 Å². The fourth-order valence-corrected chi connectivity index (χ4v) is 8.15. The van der Waals surface area contributed by atoms with Crippen LogP contribution in [-0.4, -0.2) is 20.6 Å². The van der Waals surface area contributed by atoms with Gasteiger partial charge >= 0.3 is 0 Å². The van der Waals surface area contributed by atoms with Gasteiger partial charge in [-0.25, -0.2) is 8.93 Å². The summed E-state index contributed by atoms with van der Waals surface area (Å²) in [5.74, 6) is 0. The Morgan fingerprint density at radius 1 is 0.711 bits per heavy atom. The van der Waals surface area contributed by atoms with E-state index in [1.165, 1.54) is 11.8 Å². The molecule has 6 rings (SSSR count). The van der Waals surface area contributed by atoms with E-state index >= 15 is 0 Å². The summed E-state index contributed by atoms with van der Waals surface area (Å²) in [6.07, 6.45) is 0.163. The molecular weight excluding hydrogens is 593 g/mol. The van der Waals surface area contributed by atoms with Crippen LogP contribution in [0.15, 0.2) is 150 Å². The zero-order chi connectivity index (χ0) is 31.5. The van der Waals surface area contributed by atoms with Crippen LogP contribution in [-0.2, 0) is 26.9 Å². The Balaban J connectivity index is 1.59. The first-order valence-corrected chi connectivity index (χ1v) is 17.2. The van der Waals surface area contributed by atoms with Crippen molar-refractivity contribution in [3.63, 3.8) is 0 Å². The van der Waals surface area contributed by atoms with Gasteiger partial charge in [0.05, 0.1) is 21.3 Å². The fraction of sp³-hybridized carbons (Fsp3) is 0.205. The molecule has 5 aromatic rings. The van der Waals surface area contributed by atoms with Crippen molar-refractivity contribution in [3.05, 3.63) is 168 Å². The molecule has 1 unspecified atom stereocenters. The van der Waals surface area contributed by atoms with Crippen LogP contribution < -0.4 is 9.62 Å². The minimum absolute atomic E-state index is 0.0148. The lowest BCUT2D eigenvalue weighted by Crippen LogP contribution is -2.55. The molecule has 0 fully saturated rings. The van der Waals surface area contributed by atoms with Gasteiger partial charge in [0, 0.05) is 23.5 Å². The van der Waals surface area contributed by atoms with E-state index < -0.39 is 26.8 Å². The van der Waals surface area contributed by atoms with Gasteiger partial charge in [-0.2, -0.15) is 0 Å². The maximum absolute atomic E-state index is 14.0. The molecule has 0 aliphatic carbocycles. The molecule has 0 amide bonds. The summed E-state index contributed by atoms with van der Waals surface area (Å²) >= 11 is 1.24. The zero-order valence-corrected chi connectivity index (χ0v) is 27.5. The van der Waals surface area contributed by atoms with Crippen molar-refractivity contribution >= 4 is 33.6 Å². The summed E-state index contributed by atoms with van der Waals surface area (Å²) in [6, 6.07) is 49.7. The highest BCUT2D eigenvalue weighted by Crippen LogP contribution is 2.53. The molecule has 6 heteroatoms. The predicted octanol–water partition coefficient (Wildman–Crippen LogP) is 8.45. The first kappa shape index (κ1) is 31.0. The van der Waals surface area contributed by atoms with Crippen LogP contribution in [0.5, 0.6) is 0 Å². The fourth-order valence-electron chi connectivity index (χ4n) is 6.37. The first-order chi connectivity index (χ1) is 21.7. The van der Waals surface area contributed by atoms with Crippen LogP contribution in [0, 0.1) is 0 Å². The average molecular weight is 631 g/mol. The highest BCUT2D eigenvalue weighted by atomic mass is 32.2. The summed E-state index contributed by atoms with van der Waals surface area (Å²) in [5, 5.41) is 0.0148. The maximum atomic E-state index is 14.0. The molecular formula is C39H38N2O2S2. The highest BCUT2D eigenvalue weighted by molar-refractivity contribution is 8.13. The lowest BCUT2D eigenvalue weighted by Gasteiger charge is -2.46. The van der Waals surface area contributed by atoms with E-state index in [0.29, 0.717) is 6.54 Å². The second-order valence-electron chi connectivity index (χ2n) is 12.4. The molecule has 0 aromatic heterocycles. The van der Waals surface area contributed by atoms with E-state index in [-0.39, 0.29) is 11.5 Å². The van der Waals surface area contributed by atoms with Gasteiger partial charge in [-0.3, -0.25) is 4.79 Å². The predicted molar refractivity (Wildman–Crippen MR) is 188 cm³/mol. The molecule has 45 heavy (non-hydrogen) atoms. The van der Waals surface area contributed by atoms with Crippen LogP contribution in [0.1, 0.15) is 49.4 Å². The number of rotatable bonds is 9. The van der Waals surface area contributed by atoms with Gasteiger partial charge in [-0.1, -0.05) is 139 Å². The molecule has 1 aliphatic rings. The number of benzene rings is 5. The second kappa shape index (κ2) is 12.8. The Morgan fingerprint density at radius 2 is 1.16 bits per heavy atom. The Kier molecular flexibility index (Phi) is 8.82. The minimum atomic E-state index is -1.45. The van der Waals surface area contributed by atoms with Crippen molar-refractivity contribution in [1.82, 2.24) is 4.72 Å². The average Bonchev–Trinajstić information content (AvgIpc) is 3.36. The van der Waals surface area contributed by atoms with Gasteiger partial charge in [-0.05, 0) is 61.2 Å². The molecule has 2 atom stereocenters. The van der Waals surface area contributed by atoms with E-state index in [1.54, 1.807) is 0 Å². The SMILES string of the molecule is CC(C)(C)S(=O)N[C@@]1(CC(=O)Sc2ccccc2)CN(C(c2ccccc2)(c2ccccc2)c2ccccc2)c2ccccc21. The quantitative estimate of drug-likeness (QED) is 0.131. The summed E-state index contributed by atoms with van der Waals surface area (Å²) in [5.41, 5.74) is 3.63. The first-order valence-electron chi connectivity index (χ1n) is 15.2. The molecule has 0 spiro atoms. The van der Waals surface area contributed by atoms with Crippen molar-refractivity contribution in [2.45, 2.75) is 47.9 Å². The monoisotopic (exact) mass is 630 g/mol. The van der Waals surface area contributed by atoms with Gasteiger partial charge in [-0.15, -0.1) is 0 Å². The van der Waals surface area contributed by atoms with Crippen LogP contribution in [0.2, 0.25) is 0 Å². The number of hydrogen-bond acceptors (Lipinski definition) is 4. The highest BCUT2D eigenvalue weighted by Gasteiger charge is 2.53. The summed E-state index contributed by atoms with van der Waals surface area (Å²) in [6.45, 7) is 6.31. The molecule has 0 radical (unpaired) electrons. The van der Waals surface area contributed by atoms with Crippen molar-refractivity contribution < 1.29 is 9.00 Å². The Labute approximate surface area is 273 Å². The molecule has 0 saturated heterocycles. The van der Waals surface area contributed by atoms with E-state index in [1.807, 2.05) is 75.4 Å². The van der Waals surface area contributed by atoms with Gasteiger partial charge in [0.15, 0.2) is 5.12 Å². The van der Waals surface area contributed by atoms with E-state index in [9.17, 15) is 9.00 Å². The number of nitrogens with one attached hydrogen (secondary N) is 1. The smallest absolute Gasteiger partial charge is 0.195 e. The zero-order valence-electron chi connectivity index (χ0n) is 25.9. The summed E-state index contributed by atoms with van der Waals surface area (Å²) < 4.78 is 17.0. The second-order valence-corrected chi connectivity index (χ2v) is 15.5. The van der Waals surface area contributed by atoms with Crippen molar-refractivity contribution in [2.75, 3.05) is 11.4 Å². The van der Waals surface area contributed by atoms with Gasteiger partial charge in [0.1, 0.15) is 5.54 Å². The number of fused-ring (bicyclic) bond motifs is 1. The van der Waals surface area contributed by atoms with E-state index in [0.717, 1.165) is 32.8 Å². The number of anilines is 1. The number of nitrogens with zero attached hydrogens (tertiary/aromatic N) is 1. The Hall–Kier alpha value is -3.97. The maximum Gasteiger partial charge on any atom is 0.195 e. The summed E-state index contributed by atoms with van der Waals surface area (Å²) in [4.78, 5) is 17.3. The number of thioether (sulfide) groups is 1. The molecule has 1 N–H and O–H groups in total. The van der Waals surface area contributed by atoms with Crippen LogP contribution in [0.4, 0.5) is 5.69 Å². The van der Waals surface area contributed by atoms with Crippen LogP contribution >= 0.6 is 11.8 Å². The number of hydrogen-bond donors (Lipinski definition) is 1. The van der Waals surface area contributed by atoms with Gasteiger partial charge < -0.3 is 4.90 Å². The lowest BCUT2D eigenvalue weighted by atomic mass is 9.75. The van der Waals surface area contributed by atoms with E-state index in [2.05, 4.69) is 101 Å². The van der Waals surface area contributed by atoms with E-state index in [4.69, 9.17) is 0 Å². The third kappa shape index (κ3) is 6.02. The minimum Gasteiger partial charge on any atom is -0.351 e. The lowest BCUT2D eigenvalue weighted by molar-refractivity contribution is -0.112.